The van der Waals surface area contributed by atoms with Gasteiger partial charge in [-0.3, -0.25) is 13.9 Å². The van der Waals surface area contributed by atoms with E-state index in [4.69, 9.17) is 0 Å². The average Bonchev–Trinajstić information content (AvgIpc) is 3.42. The zero-order chi connectivity index (χ0) is 31.8. The second-order valence-electron chi connectivity index (χ2n) is 11.8. The molecule has 11 nitrogen and oxygen atoms in total. The van der Waals surface area contributed by atoms with Gasteiger partial charge in [0.2, 0.25) is 5.95 Å². The summed E-state index contributed by atoms with van der Waals surface area (Å²) in [4.78, 5) is 38.3. The molecule has 1 aliphatic carbocycles. The van der Waals surface area contributed by atoms with Crippen LogP contribution in [-0.4, -0.2) is 89.5 Å². The van der Waals surface area contributed by atoms with Crippen LogP contribution in [0, 0.1) is 0 Å². The first-order valence-electron chi connectivity index (χ1n) is 14.7. The Bertz CT molecular complexity index is 1700. The number of alkyl halides is 3. The number of carboxylic acid groups (broad SMARTS) is 1. The lowest BCUT2D eigenvalue weighted by molar-refractivity contribution is -0.137. The summed E-state index contributed by atoms with van der Waals surface area (Å²) in [6.45, 7) is 3.16. The Morgan fingerprint density at radius 1 is 1.13 bits per heavy atom. The van der Waals surface area contributed by atoms with Gasteiger partial charge in [-0.2, -0.15) is 23.8 Å². The maximum absolute atomic E-state index is 14.2. The number of aryl methyl sites for hydroxylation is 1. The van der Waals surface area contributed by atoms with Crippen molar-refractivity contribution in [3.63, 3.8) is 0 Å². The molecule has 2 saturated heterocycles. The van der Waals surface area contributed by atoms with Crippen LogP contribution in [0.4, 0.5) is 35.3 Å². The molecule has 3 aliphatic heterocycles. The predicted octanol–water partition coefficient (Wildman–Crippen LogP) is 6.20. The van der Waals surface area contributed by atoms with Crippen molar-refractivity contribution in [3.8, 4) is 10.6 Å². The van der Waals surface area contributed by atoms with E-state index in [9.17, 15) is 37.0 Å². The highest BCUT2D eigenvalue weighted by Gasteiger charge is 2.46. The molecule has 2 aromatic heterocycles. The number of nitrogens with zero attached hydrogens (tertiary/aromatic N) is 5. The predicted molar refractivity (Wildman–Crippen MR) is 164 cm³/mol. The molecule has 1 aromatic carbocycles. The van der Waals surface area contributed by atoms with Gasteiger partial charge in [0.15, 0.2) is 0 Å². The summed E-state index contributed by atoms with van der Waals surface area (Å²) in [6, 6.07) is 6.96. The Hall–Kier alpha value is -3.60. The van der Waals surface area contributed by atoms with Crippen molar-refractivity contribution in [3.05, 3.63) is 46.5 Å². The minimum atomic E-state index is -4.80. The van der Waals surface area contributed by atoms with Crippen LogP contribution in [0.3, 0.4) is 0 Å². The van der Waals surface area contributed by atoms with Crippen LogP contribution in [-0.2, 0) is 12.6 Å². The maximum Gasteiger partial charge on any atom is 0.420 e. The molecule has 16 heteroatoms. The second kappa shape index (κ2) is 10.7. The minimum Gasteiger partial charge on any atom is -0.465 e. The molecule has 240 valence electrons. The van der Waals surface area contributed by atoms with E-state index in [1.54, 1.807) is 4.90 Å². The number of carbonyl (C=O) groups excluding carboxylic acids is 1. The molecule has 0 unspecified atom stereocenters. The van der Waals surface area contributed by atoms with Gasteiger partial charge in [-0.15, -0.1) is 11.3 Å². The topological polar surface area (TPSA) is 142 Å². The van der Waals surface area contributed by atoms with Crippen molar-refractivity contribution in [1.29, 1.82) is 0 Å². The van der Waals surface area contributed by atoms with Gasteiger partial charge < -0.3 is 25.1 Å². The van der Waals surface area contributed by atoms with Crippen molar-refractivity contribution in [2.24, 2.45) is 0 Å². The van der Waals surface area contributed by atoms with Crippen LogP contribution in [0.5, 0.6) is 0 Å². The van der Waals surface area contributed by atoms with Crippen LogP contribution in [0.1, 0.15) is 47.0 Å². The molecule has 3 fully saturated rings. The Morgan fingerprint density at radius 2 is 1.91 bits per heavy atom. The Balaban J connectivity index is 1.20. The molecule has 2 amide bonds. The molecule has 2 bridgehead atoms. The number of aromatic nitrogens is 2. The van der Waals surface area contributed by atoms with Crippen molar-refractivity contribution >= 4 is 51.3 Å². The van der Waals surface area contributed by atoms with Crippen molar-refractivity contribution in [2.75, 3.05) is 35.6 Å². The summed E-state index contributed by atoms with van der Waals surface area (Å²) in [5.74, 6) is -0.566. The summed E-state index contributed by atoms with van der Waals surface area (Å²) in [5, 5.41) is 12.5. The van der Waals surface area contributed by atoms with Crippen molar-refractivity contribution < 1.29 is 37.0 Å². The van der Waals surface area contributed by atoms with Gasteiger partial charge in [0.1, 0.15) is 10.4 Å². The highest BCUT2D eigenvalue weighted by molar-refractivity contribution is 8.24. The van der Waals surface area contributed by atoms with Crippen LogP contribution in [0.2, 0.25) is 0 Å². The first-order valence-corrected chi connectivity index (χ1v) is 17.2. The number of halogens is 3. The van der Waals surface area contributed by atoms with Gasteiger partial charge in [0.05, 0.1) is 27.3 Å². The average molecular weight is 665 g/mol. The highest BCUT2D eigenvalue weighted by Crippen LogP contribution is 2.56. The number of amides is 2. The van der Waals surface area contributed by atoms with E-state index in [1.165, 1.54) is 11.0 Å². The Labute approximate surface area is 262 Å². The first kappa shape index (κ1) is 30.1. The van der Waals surface area contributed by atoms with Crippen LogP contribution in [0.25, 0.3) is 10.6 Å². The van der Waals surface area contributed by atoms with Crippen molar-refractivity contribution in [1.82, 2.24) is 19.8 Å². The lowest BCUT2D eigenvalue weighted by atomic mass is 10.1. The number of benzene rings is 1. The number of rotatable bonds is 6. The fraction of sp³-hybridized carbons (Fsp3) is 0.448. The van der Waals surface area contributed by atoms with E-state index in [0.717, 1.165) is 41.9 Å². The molecular weight excluding hydrogens is 633 g/mol. The number of hydrogen-bond donors (Lipinski definition) is 4. The van der Waals surface area contributed by atoms with Gasteiger partial charge in [-0.05, 0) is 55.5 Å². The summed E-state index contributed by atoms with van der Waals surface area (Å²) in [6.07, 6.45) is -2.04. The van der Waals surface area contributed by atoms with Crippen LogP contribution in [0.15, 0.2) is 35.4 Å². The van der Waals surface area contributed by atoms with E-state index < -0.39 is 40.0 Å². The minimum absolute atomic E-state index is 0.00370. The first-order chi connectivity index (χ1) is 21.3. The number of carbonyl (C=O) groups is 2. The van der Waals surface area contributed by atoms with Gasteiger partial charge in [-0.1, -0.05) is 6.92 Å². The lowest BCUT2D eigenvalue weighted by Gasteiger charge is -2.34. The van der Waals surface area contributed by atoms with Gasteiger partial charge in [0.25, 0.3) is 5.91 Å². The van der Waals surface area contributed by atoms with E-state index in [-0.39, 0.29) is 51.0 Å². The number of hydrogen-bond acceptors (Lipinski definition) is 9. The zero-order valence-corrected chi connectivity index (χ0v) is 25.8. The van der Waals surface area contributed by atoms with E-state index in [2.05, 4.69) is 20.2 Å². The van der Waals surface area contributed by atoms with E-state index in [1.807, 2.05) is 25.1 Å². The number of fused-ring (bicyclic) bond motifs is 3. The van der Waals surface area contributed by atoms with Gasteiger partial charge >= 0.3 is 12.3 Å². The zero-order valence-electron chi connectivity index (χ0n) is 24.1. The third-order valence-corrected chi connectivity index (χ3v) is 12.0. The van der Waals surface area contributed by atoms with E-state index in [0.29, 0.717) is 31.4 Å². The third kappa shape index (κ3) is 5.36. The number of anilines is 3. The third-order valence-electron chi connectivity index (χ3n) is 8.97. The van der Waals surface area contributed by atoms with Crippen molar-refractivity contribution in [2.45, 2.75) is 61.8 Å². The molecule has 0 spiro atoms. The highest BCUT2D eigenvalue weighted by atomic mass is 32.3. The SMILES string of the molecule is CCc1cc(N2C[C@@H]3C[C@H]2CN3C(=O)O)ccc1Nc1ncc(C(F)(F)F)c(-c2cc3c(s2)C(=O)N(C2CC2)CCS3(O)O)n1. The molecular formula is C29H31F3N6O5S2. The number of nitrogens with one attached hydrogen (secondary N) is 1. The summed E-state index contributed by atoms with van der Waals surface area (Å²) in [7, 11) is -3.40. The molecule has 2 atom stereocenters. The van der Waals surface area contributed by atoms with E-state index >= 15 is 0 Å². The number of piperazine rings is 1. The molecule has 4 aliphatic rings. The Kier molecular flexibility index (Phi) is 7.18. The number of thiophene rings is 1. The maximum atomic E-state index is 14.2. The second-order valence-corrected chi connectivity index (χ2v) is 15.0. The number of likely N-dealkylation sites (tertiary alicyclic amines) is 1. The fourth-order valence-corrected chi connectivity index (χ4v) is 9.51. The smallest absolute Gasteiger partial charge is 0.420 e. The standard InChI is InChI=1S/C29H31F3N6O5S2/c1-2-15-9-17(37-13-19-10-18(37)14-38(19)28(40)41)5-6-21(15)34-27-33-12-20(29(30,31)32)24(35-27)22-11-23-25(44-22)26(39)36(16-3-4-16)7-8-45(23,42)43/h5-6,9,11-12,16,18-19,42-43H,2-4,7-8,10,13-14H2,1H3,(H,40,41)(H,33,34,35)/t18-,19-/m0/s1. The summed E-state index contributed by atoms with van der Waals surface area (Å²) >= 11 is 0.784. The molecule has 0 radical (unpaired) electrons. The summed E-state index contributed by atoms with van der Waals surface area (Å²) in [5.41, 5.74) is 0.864. The molecule has 1 saturated carbocycles. The fourth-order valence-electron chi connectivity index (χ4n) is 6.53. The lowest BCUT2D eigenvalue weighted by Crippen LogP contribution is -2.48. The Morgan fingerprint density at radius 3 is 2.56 bits per heavy atom. The summed E-state index contributed by atoms with van der Waals surface area (Å²) < 4.78 is 64.3. The normalized spacial score (nSPS) is 23.2. The largest absolute Gasteiger partial charge is 0.465 e. The monoisotopic (exact) mass is 664 g/mol. The molecule has 4 N–H and O–H groups in total. The molecule has 45 heavy (non-hydrogen) atoms. The molecule has 5 heterocycles. The van der Waals surface area contributed by atoms with Crippen LogP contribution >= 0.6 is 21.9 Å². The van der Waals surface area contributed by atoms with Gasteiger partial charge in [-0.25, -0.2) is 14.8 Å². The van der Waals surface area contributed by atoms with Gasteiger partial charge in [0, 0.05) is 49.3 Å². The van der Waals surface area contributed by atoms with Crippen LogP contribution < -0.4 is 10.2 Å². The molecule has 7 rings (SSSR count). The quantitative estimate of drug-likeness (QED) is 0.242. The molecule has 3 aromatic rings.